The smallest absolute Gasteiger partial charge is 0.169 e. The molecule has 23 heavy (non-hydrogen) atoms. The highest BCUT2D eigenvalue weighted by atomic mass is 31.2. The van der Waals surface area contributed by atoms with Gasteiger partial charge in [0.05, 0.1) is 0 Å². The fourth-order valence-corrected chi connectivity index (χ4v) is 7.49. The van der Waals surface area contributed by atoms with Gasteiger partial charge in [-0.05, 0) is 43.3 Å². The number of nitrogens with zero attached hydrogens (tertiary/aromatic N) is 1. The lowest BCUT2D eigenvalue weighted by Crippen LogP contribution is -2.41. The molecule has 3 rings (SSSR count). The van der Waals surface area contributed by atoms with Crippen molar-refractivity contribution in [3.63, 3.8) is 0 Å². The number of hydrogen-bond donors (Lipinski definition) is 0. The molecule has 0 unspecified atom stereocenters. The Balaban J connectivity index is 2.35. The van der Waals surface area contributed by atoms with Gasteiger partial charge in [0, 0.05) is 13.6 Å². The Morgan fingerprint density at radius 2 is 0.913 bits per heavy atom. The van der Waals surface area contributed by atoms with Crippen molar-refractivity contribution in [1.82, 2.24) is 4.67 Å². The van der Waals surface area contributed by atoms with Crippen LogP contribution < -0.4 is 15.9 Å². The number of benzene rings is 3. The molecule has 0 aliphatic heterocycles. The zero-order valence-corrected chi connectivity index (χ0v) is 14.7. The van der Waals surface area contributed by atoms with E-state index in [-0.39, 0.29) is 0 Å². The molecule has 0 N–H and O–H groups in total. The fraction of sp³-hybridized carbons (Fsp3) is 0.143. The van der Waals surface area contributed by atoms with E-state index in [0.717, 1.165) is 6.54 Å². The summed E-state index contributed by atoms with van der Waals surface area (Å²) in [6.45, 7) is 3.25. The van der Waals surface area contributed by atoms with Gasteiger partial charge in [-0.3, -0.25) is 0 Å². The van der Waals surface area contributed by atoms with E-state index in [1.165, 1.54) is 15.9 Å². The molecule has 0 radical (unpaired) electrons. The fourth-order valence-electron chi connectivity index (χ4n) is 3.18. The van der Waals surface area contributed by atoms with Gasteiger partial charge >= 0.3 is 0 Å². The minimum atomic E-state index is -1.81. The third kappa shape index (κ3) is 2.83. The highest BCUT2D eigenvalue weighted by Crippen LogP contribution is 2.57. The molecule has 0 heterocycles. The first kappa shape index (κ1) is 15.9. The van der Waals surface area contributed by atoms with E-state index >= 15 is 0 Å². The largest absolute Gasteiger partial charge is 0.181 e. The summed E-state index contributed by atoms with van der Waals surface area (Å²) in [6, 6.07) is 32.9. The maximum absolute atomic E-state index is 2.53. The Labute approximate surface area is 140 Å². The molecule has 0 fully saturated rings. The summed E-state index contributed by atoms with van der Waals surface area (Å²) in [7, 11) is 0.440. The molecule has 116 valence electrons. The van der Waals surface area contributed by atoms with E-state index < -0.39 is 7.41 Å². The predicted molar refractivity (Wildman–Crippen MR) is 103 cm³/mol. The highest BCUT2D eigenvalue weighted by molar-refractivity contribution is 7.93. The van der Waals surface area contributed by atoms with Gasteiger partial charge in [-0.25, -0.2) is 0 Å². The summed E-state index contributed by atoms with van der Waals surface area (Å²) in [5.41, 5.74) is 0. The molecule has 0 atom stereocenters. The van der Waals surface area contributed by atoms with Crippen molar-refractivity contribution in [3.8, 4) is 0 Å². The first-order chi connectivity index (χ1) is 11.3. The van der Waals surface area contributed by atoms with E-state index in [0.29, 0.717) is 0 Å². The van der Waals surface area contributed by atoms with Gasteiger partial charge in [0.2, 0.25) is 0 Å². The average molecular weight is 320 g/mol. The molecule has 0 spiro atoms. The van der Waals surface area contributed by atoms with Crippen LogP contribution in [0.4, 0.5) is 0 Å². The van der Waals surface area contributed by atoms with Crippen molar-refractivity contribution < 1.29 is 0 Å². The van der Waals surface area contributed by atoms with Crippen LogP contribution in [0, 0.1) is 0 Å². The monoisotopic (exact) mass is 320 g/mol. The minimum absolute atomic E-state index is 1.01. The Morgan fingerprint density at radius 1 is 0.609 bits per heavy atom. The van der Waals surface area contributed by atoms with Gasteiger partial charge in [0.25, 0.3) is 0 Å². The van der Waals surface area contributed by atoms with Crippen molar-refractivity contribution in [1.29, 1.82) is 0 Å². The van der Waals surface area contributed by atoms with E-state index in [2.05, 4.69) is 110 Å². The summed E-state index contributed by atoms with van der Waals surface area (Å²) < 4.78 is 2.53. The summed E-state index contributed by atoms with van der Waals surface area (Å²) in [5, 5.41) is 4.21. The van der Waals surface area contributed by atoms with Crippen molar-refractivity contribution >= 4 is 23.3 Å². The SMILES string of the molecule is CCN(C)[P+](c1ccccc1)(c1ccccc1)c1ccccc1. The Bertz CT molecular complexity index is 629. The van der Waals surface area contributed by atoms with E-state index in [1.54, 1.807) is 0 Å². The highest BCUT2D eigenvalue weighted by Gasteiger charge is 2.49. The van der Waals surface area contributed by atoms with Gasteiger partial charge in [-0.1, -0.05) is 54.6 Å². The lowest BCUT2D eigenvalue weighted by Gasteiger charge is -2.33. The van der Waals surface area contributed by atoms with Crippen LogP contribution in [0.2, 0.25) is 0 Å². The third-order valence-corrected chi connectivity index (χ3v) is 8.80. The van der Waals surface area contributed by atoms with Gasteiger partial charge in [0.1, 0.15) is 15.9 Å². The van der Waals surface area contributed by atoms with Gasteiger partial charge < -0.3 is 0 Å². The van der Waals surface area contributed by atoms with Crippen LogP contribution in [-0.2, 0) is 0 Å². The Hall–Kier alpha value is -1.95. The van der Waals surface area contributed by atoms with Crippen LogP contribution in [0.5, 0.6) is 0 Å². The molecule has 0 saturated heterocycles. The van der Waals surface area contributed by atoms with Crippen LogP contribution >= 0.6 is 7.41 Å². The van der Waals surface area contributed by atoms with Crippen molar-refractivity contribution in [3.05, 3.63) is 91.0 Å². The maximum atomic E-state index is 2.53. The second-order valence-corrected chi connectivity index (χ2v) is 9.12. The molecule has 0 aliphatic rings. The Morgan fingerprint density at radius 3 is 1.17 bits per heavy atom. The van der Waals surface area contributed by atoms with Gasteiger partial charge in [-0.2, -0.15) is 4.67 Å². The molecular weight excluding hydrogens is 297 g/mol. The van der Waals surface area contributed by atoms with Crippen LogP contribution in [0.1, 0.15) is 6.92 Å². The molecule has 0 bridgehead atoms. The van der Waals surface area contributed by atoms with E-state index in [1.807, 2.05) is 0 Å². The second-order valence-electron chi connectivity index (χ2n) is 5.62. The molecule has 1 nitrogen and oxygen atoms in total. The normalized spacial score (nSPS) is 11.6. The van der Waals surface area contributed by atoms with Crippen LogP contribution in [-0.4, -0.2) is 18.3 Å². The summed E-state index contributed by atoms with van der Waals surface area (Å²) in [4.78, 5) is 0. The predicted octanol–water partition coefficient (Wildman–Crippen LogP) is 3.85. The summed E-state index contributed by atoms with van der Waals surface area (Å²) >= 11 is 0. The first-order valence-corrected chi connectivity index (χ1v) is 9.82. The van der Waals surface area contributed by atoms with E-state index in [4.69, 9.17) is 0 Å². The standard InChI is InChI=1S/C21H23NP/c1-3-22(2)23(19-13-7-4-8-14-19,20-15-9-5-10-16-20)21-17-11-6-12-18-21/h4-18H,3H2,1-2H3/q+1. The first-order valence-electron chi connectivity index (χ1n) is 8.07. The number of hydrogen-bond acceptors (Lipinski definition) is 1. The minimum Gasteiger partial charge on any atom is -0.169 e. The van der Waals surface area contributed by atoms with Gasteiger partial charge in [0.15, 0.2) is 7.41 Å². The number of rotatable bonds is 5. The summed E-state index contributed by atoms with van der Waals surface area (Å²) in [5.74, 6) is 0. The molecule has 0 amide bonds. The Kier molecular flexibility index (Phi) is 4.91. The molecule has 3 aromatic carbocycles. The van der Waals surface area contributed by atoms with Crippen LogP contribution in [0.25, 0.3) is 0 Å². The zero-order chi connectivity index (χ0) is 16.1. The molecular formula is C21H23NP+. The van der Waals surface area contributed by atoms with Crippen molar-refractivity contribution in [2.45, 2.75) is 6.92 Å². The molecule has 0 aliphatic carbocycles. The average Bonchev–Trinajstić information content (AvgIpc) is 2.65. The van der Waals surface area contributed by atoms with Crippen molar-refractivity contribution in [2.24, 2.45) is 0 Å². The second kappa shape index (κ2) is 7.08. The van der Waals surface area contributed by atoms with Crippen LogP contribution in [0.3, 0.4) is 0 Å². The van der Waals surface area contributed by atoms with Crippen molar-refractivity contribution in [2.75, 3.05) is 13.6 Å². The third-order valence-electron chi connectivity index (χ3n) is 4.36. The van der Waals surface area contributed by atoms with E-state index in [9.17, 15) is 0 Å². The topological polar surface area (TPSA) is 3.24 Å². The summed E-state index contributed by atoms with van der Waals surface area (Å²) in [6.07, 6.45) is 0. The lowest BCUT2D eigenvalue weighted by atomic mass is 10.4. The quantitative estimate of drug-likeness (QED) is 0.646. The van der Waals surface area contributed by atoms with Crippen LogP contribution in [0.15, 0.2) is 91.0 Å². The molecule has 2 heteroatoms. The molecule has 0 aromatic heterocycles. The van der Waals surface area contributed by atoms with Gasteiger partial charge in [-0.15, -0.1) is 0 Å². The zero-order valence-electron chi connectivity index (χ0n) is 13.8. The molecule has 3 aromatic rings. The molecule has 0 saturated carbocycles. The maximum Gasteiger partial charge on any atom is 0.181 e. The lowest BCUT2D eigenvalue weighted by molar-refractivity contribution is 0.584.